The highest BCUT2D eigenvalue weighted by Gasteiger charge is 2.41. The van der Waals surface area contributed by atoms with E-state index in [1.165, 1.54) is 12.1 Å². The fourth-order valence-electron chi connectivity index (χ4n) is 1.89. The van der Waals surface area contributed by atoms with Gasteiger partial charge in [-0.3, -0.25) is 10.1 Å². The van der Waals surface area contributed by atoms with Crippen molar-refractivity contribution in [2.75, 3.05) is 0 Å². The number of guanidine groups is 1. The van der Waals surface area contributed by atoms with Crippen molar-refractivity contribution in [2.24, 2.45) is 10.7 Å². The van der Waals surface area contributed by atoms with Crippen molar-refractivity contribution in [1.29, 1.82) is 0 Å². The molecule has 2 rings (SSSR count). The summed E-state index contributed by atoms with van der Waals surface area (Å²) in [5.41, 5.74) is 5.38. The molecule has 18 heavy (non-hydrogen) atoms. The Labute approximate surface area is 105 Å². The molecule has 3 N–H and O–H groups in total. The summed E-state index contributed by atoms with van der Waals surface area (Å²) in [6.07, 6.45) is 0. The molecule has 0 aromatic heterocycles. The van der Waals surface area contributed by atoms with Crippen LogP contribution in [0.4, 0.5) is 0 Å². The van der Waals surface area contributed by atoms with Crippen LogP contribution in [-0.4, -0.2) is 31.6 Å². The van der Waals surface area contributed by atoms with Gasteiger partial charge in [0.15, 0.2) is 21.0 Å². The van der Waals surface area contributed by atoms with E-state index in [0.29, 0.717) is 0 Å². The lowest BCUT2D eigenvalue weighted by Crippen LogP contribution is -2.54. The monoisotopic (exact) mass is 267 g/mol. The number of rotatable bonds is 2. The molecule has 6 nitrogen and oxygen atoms in total. The Hall–Kier alpha value is -1.89. The van der Waals surface area contributed by atoms with E-state index in [1.54, 1.807) is 25.1 Å². The molecule has 2 unspecified atom stereocenters. The molecular weight excluding hydrogens is 254 g/mol. The van der Waals surface area contributed by atoms with Gasteiger partial charge in [0.05, 0.1) is 10.9 Å². The van der Waals surface area contributed by atoms with Gasteiger partial charge in [-0.2, -0.15) is 0 Å². The first-order valence-electron chi connectivity index (χ1n) is 5.36. The molecular formula is C11H13N3O3S. The summed E-state index contributed by atoms with van der Waals surface area (Å²) in [4.78, 5) is 15.8. The number of carbonyl (C=O) groups is 1. The second-order valence-electron chi connectivity index (χ2n) is 4.02. The van der Waals surface area contributed by atoms with Gasteiger partial charge in [-0.25, -0.2) is 13.4 Å². The average Bonchev–Trinajstić information content (AvgIpc) is 2.28. The molecule has 1 aromatic rings. The predicted molar refractivity (Wildman–Crippen MR) is 66.6 cm³/mol. The van der Waals surface area contributed by atoms with Crippen molar-refractivity contribution in [1.82, 2.24) is 5.32 Å². The molecule has 0 bridgehead atoms. The van der Waals surface area contributed by atoms with Crippen molar-refractivity contribution in [3.63, 3.8) is 0 Å². The Kier molecular flexibility index (Phi) is 3.08. The fraction of sp³-hybridized carbons (Fsp3) is 0.273. The van der Waals surface area contributed by atoms with E-state index in [-0.39, 0.29) is 10.9 Å². The number of nitrogens with two attached hydrogens (primary N) is 1. The molecule has 2 atom stereocenters. The van der Waals surface area contributed by atoms with Gasteiger partial charge in [0.2, 0.25) is 5.91 Å². The molecule has 96 valence electrons. The number of hydrogen-bond acceptors (Lipinski definition) is 5. The van der Waals surface area contributed by atoms with Crippen molar-refractivity contribution in [3.05, 3.63) is 30.3 Å². The maximum absolute atomic E-state index is 12.3. The van der Waals surface area contributed by atoms with Crippen LogP contribution in [0, 0.1) is 0 Å². The topological polar surface area (TPSA) is 102 Å². The van der Waals surface area contributed by atoms with Gasteiger partial charge in [-0.1, -0.05) is 18.2 Å². The minimum Gasteiger partial charge on any atom is -0.370 e. The highest BCUT2D eigenvalue weighted by Crippen LogP contribution is 2.21. The number of hydrogen-bond donors (Lipinski definition) is 2. The number of nitrogens with zero attached hydrogens (tertiary/aromatic N) is 1. The SMILES string of the molecule is CC1N=C(N)NC(=O)C1S(=O)(=O)c1ccccc1. The molecule has 0 radical (unpaired) electrons. The van der Waals surface area contributed by atoms with E-state index < -0.39 is 27.0 Å². The lowest BCUT2D eigenvalue weighted by atomic mass is 10.2. The molecule has 1 aliphatic rings. The van der Waals surface area contributed by atoms with Crippen LogP contribution in [-0.2, 0) is 14.6 Å². The van der Waals surface area contributed by atoms with Crippen LogP contribution in [0.25, 0.3) is 0 Å². The molecule has 1 aliphatic heterocycles. The van der Waals surface area contributed by atoms with Crippen LogP contribution in [0.3, 0.4) is 0 Å². The third-order valence-electron chi connectivity index (χ3n) is 2.70. The standard InChI is InChI=1S/C11H13N3O3S/c1-7-9(10(15)14-11(12)13-7)18(16,17)8-5-3-2-4-6-8/h2-7,9H,1H3,(H3,12,13,14,15). The first kappa shape index (κ1) is 12.6. The first-order valence-corrected chi connectivity index (χ1v) is 6.90. The van der Waals surface area contributed by atoms with Gasteiger partial charge >= 0.3 is 0 Å². The van der Waals surface area contributed by atoms with Gasteiger partial charge in [0.25, 0.3) is 0 Å². The minimum atomic E-state index is -3.76. The third-order valence-corrected chi connectivity index (χ3v) is 4.90. The van der Waals surface area contributed by atoms with E-state index in [4.69, 9.17) is 5.73 Å². The number of benzene rings is 1. The molecule has 7 heteroatoms. The van der Waals surface area contributed by atoms with Crippen LogP contribution >= 0.6 is 0 Å². The van der Waals surface area contributed by atoms with Crippen LogP contribution in [0.5, 0.6) is 0 Å². The lowest BCUT2D eigenvalue weighted by Gasteiger charge is -2.25. The zero-order chi connectivity index (χ0) is 13.3. The minimum absolute atomic E-state index is 0.0491. The first-order chi connectivity index (χ1) is 8.43. The zero-order valence-corrected chi connectivity index (χ0v) is 10.5. The number of amides is 1. The summed E-state index contributed by atoms with van der Waals surface area (Å²) in [5.74, 6) is -0.689. The van der Waals surface area contributed by atoms with Crippen molar-refractivity contribution >= 4 is 21.7 Å². The van der Waals surface area contributed by atoms with Gasteiger partial charge in [0.1, 0.15) is 0 Å². The van der Waals surface area contributed by atoms with Gasteiger partial charge in [-0.05, 0) is 19.1 Å². The third kappa shape index (κ3) is 2.08. The number of carbonyl (C=O) groups excluding carboxylic acids is 1. The maximum atomic E-state index is 12.3. The van der Waals surface area contributed by atoms with Gasteiger partial charge in [-0.15, -0.1) is 0 Å². The van der Waals surface area contributed by atoms with Crippen LogP contribution in [0.2, 0.25) is 0 Å². The van der Waals surface area contributed by atoms with E-state index in [0.717, 1.165) is 0 Å². The molecule has 1 aromatic carbocycles. The smallest absolute Gasteiger partial charge is 0.247 e. The number of aliphatic imine (C=N–C) groups is 1. The Bertz CT molecular complexity index is 595. The lowest BCUT2D eigenvalue weighted by molar-refractivity contribution is -0.119. The molecule has 0 aliphatic carbocycles. The van der Waals surface area contributed by atoms with Crippen molar-refractivity contribution in [2.45, 2.75) is 23.1 Å². The molecule has 0 saturated heterocycles. The molecule has 0 fully saturated rings. The average molecular weight is 267 g/mol. The summed E-state index contributed by atoms with van der Waals surface area (Å²) in [6.45, 7) is 1.55. The van der Waals surface area contributed by atoms with E-state index in [1.807, 2.05) is 0 Å². The fourth-order valence-corrected chi connectivity index (χ4v) is 3.64. The molecule has 1 amide bonds. The Morgan fingerprint density at radius 1 is 1.28 bits per heavy atom. The predicted octanol–water partition coefficient (Wildman–Crippen LogP) is -0.338. The summed E-state index contributed by atoms with van der Waals surface area (Å²) >= 11 is 0. The second kappa shape index (κ2) is 4.41. The highest BCUT2D eigenvalue weighted by molar-refractivity contribution is 7.92. The molecule has 0 saturated carbocycles. The van der Waals surface area contributed by atoms with E-state index in [2.05, 4.69) is 10.3 Å². The normalized spacial score (nSPS) is 24.3. The number of nitrogens with one attached hydrogen (secondary N) is 1. The van der Waals surface area contributed by atoms with Crippen LogP contribution in [0.1, 0.15) is 6.92 Å². The highest BCUT2D eigenvalue weighted by atomic mass is 32.2. The Morgan fingerprint density at radius 3 is 2.44 bits per heavy atom. The van der Waals surface area contributed by atoms with Gasteiger partial charge in [0, 0.05) is 0 Å². The van der Waals surface area contributed by atoms with Crippen LogP contribution in [0.15, 0.2) is 40.2 Å². The van der Waals surface area contributed by atoms with E-state index in [9.17, 15) is 13.2 Å². The van der Waals surface area contributed by atoms with E-state index >= 15 is 0 Å². The Morgan fingerprint density at radius 2 is 1.89 bits per heavy atom. The quantitative estimate of drug-likeness (QED) is 0.765. The zero-order valence-electron chi connectivity index (χ0n) is 9.70. The number of sulfone groups is 1. The largest absolute Gasteiger partial charge is 0.370 e. The summed E-state index contributed by atoms with van der Waals surface area (Å²) in [5, 5.41) is 1.00. The summed E-state index contributed by atoms with van der Waals surface area (Å²) in [6, 6.07) is 7.13. The summed E-state index contributed by atoms with van der Waals surface area (Å²) in [7, 11) is -3.76. The van der Waals surface area contributed by atoms with Crippen molar-refractivity contribution < 1.29 is 13.2 Å². The maximum Gasteiger partial charge on any atom is 0.247 e. The van der Waals surface area contributed by atoms with Crippen molar-refractivity contribution in [3.8, 4) is 0 Å². The van der Waals surface area contributed by atoms with Gasteiger partial charge < -0.3 is 5.73 Å². The molecule has 1 heterocycles. The summed E-state index contributed by atoms with van der Waals surface area (Å²) < 4.78 is 24.7. The second-order valence-corrected chi connectivity index (χ2v) is 6.09. The molecule has 0 spiro atoms. The van der Waals surface area contributed by atoms with Crippen LogP contribution < -0.4 is 11.1 Å². The Balaban J connectivity index is 2.46.